The van der Waals surface area contributed by atoms with Crippen LogP contribution >= 0.6 is 23.1 Å². The number of carbonyl (C=O) groups is 1. The number of ether oxygens (including phenoxy) is 1. The molecule has 0 saturated carbocycles. The van der Waals surface area contributed by atoms with E-state index in [2.05, 4.69) is 26.9 Å². The van der Waals surface area contributed by atoms with Crippen LogP contribution in [-0.2, 0) is 15.3 Å². The quantitative estimate of drug-likeness (QED) is 0.593. The maximum Gasteiger partial charge on any atom is 0.306 e. The average molecular weight is 325 g/mol. The molecule has 0 aromatic carbocycles. The van der Waals surface area contributed by atoms with Crippen LogP contribution < -0.4 is 5.32 Å². The molecular formula is C14H19N3O2S2. The fraction of sp³-hybridized carbons (Fsp3) is 0.500. The van der Waals surface area contributed by atoms with Crippen molar-refractivity contribution in [3.05, 3.63) is 17.3 Å². The van der Waals surface area contributed by atoms with E-state index in [-0.39, 0.29) is 5.97 Å². The van der Waals surface area contributed by atoms with Gasteiger partial charge in [-0.3, -0.25) is 4.79 Å². The number of nitrogens with zero attached hydrogens (tertiary/aromatic N) is 2. The second-order valence-electron chi connectivity index (χ2n) is 4.43. The van der Waals surface area contributed by atoms with Crippen LogP contribution in [0.3, 0.4) is 0 Å². The van der Waals surface area contributed by atoms with Gasteiger partial charge in [-0.1, -0.05) is 6.92 Å². The van der Waals surface area contributed by atoms with Crippen LogP contribution in [0.1, 0.15) is 25.6 Å². The third-order valence-corrected chi connectivity index (χ3v) is 4.58. The van der Waals surface area contributed by atoms with Crippen molar-refractivity contribution in [1.29, 1.82) is 0 Å². The van der Waals surface area contributed by atoms with Crippen LogP contribution in [0.2, 0.25) is 0 Å². The predicted molar refractivity (Wildman–Crippen MR) is 89.0 cm³/mol. The van der Waals surface area contributed by atoms with E-state index in [9.17, 15) is 4.79 Å². The highest BCUT2D eigenvalue weighted by Gasteiger charge is 2.09. The van der Waals surface area contributed by atoms with E-state index in [1.165, 1.54) is 7.11 Å². The molecule has 0 spiro atoms. The molecule has 2 heterocycles. The SMILES string of the molecule is CCCNc1nc(CSCCC(=O)OC)nc2sccc12. The van der Waals surface area contributed by atoms with E-state index in [1.807, 2.05) is 11.4 Å². The van der Waals surface area contributed by atoms with Gasteiger partial charge in [-0.25, -0.2) is 9.97 Å². The van der Waals surface area contributed by atoms with Crippen molar-refractivity contribution in [3.63, 3.8) is 0 Å². The summed E-state index contributed by atoms with van der Waals surface area (Å²) in [7, 11) is 1.41. The first kappa shape index (κ1) is 16.0. The second-order valence-corrected chi connectivity index (χ2v) is 6.43. The first-order chi connectivity index (χ1) is 10.2. The Morgan fingerprint density at radius 1 is 1.48 bits per heavy atom. The summed E-state index contributed by atoms with van der Waals surface area (Å²) in [5, 5.41) is 6.47. The van der Waals surface area contributed by atoms with Crippen molar-refractivity contribution in [1.82, 2.24) is 9.97 Å². The van der Waals surface area contributed by atoms with Crippen molar-refractivity contribution in [3.8, 4) is 0 Å². The average Bonchev–Trinajstić information content (AvgIpc) is 2.97. The number of esters is 1. The van der Waals surface area contributed by atoms with Crippen molar-refractivity contribution >= 4 is 45.1 Å². The van der Waals surface area contributed by atoms with Gasteiger partial charge in [-0.2, -0.15) is 11.8 Å². The first-order valence-electron chi connectivity index (χ1n) is 6.87. The van der Waals surface area contributed by atoms with Crippen LogP contribution in [0, 0.1) is 0 Å². The molecule has 0 fully saturated rings. The molecule has 2 aromatic rings. The number of thioether (sulfide) groups is 1. The molecule has 0 aliphatic heterocycles. The van der Waals surface area contributed by atoms with E-state index in [0.29, 0.717) is 12.2 Å². The minimum Gasteiger partial charge on any atom is -0.469 e. The van der Waals surface area contributed by atoms with Gasteiger partial charge in [0.25, 0.3) is 0 Å². The van der Waals surface area contributed by atoms with Gasteiger partial charge < -0.3 is 10.1 Å². The van der Waals surface area contributed by atoms with Gasteiger partial charge in [0.05, 0.1) is 24.7 Å². The largest absolute Gasteiger partial charge is 0.469 e. The number of rotatable bonds is 8. The highest BCUT2D eigenvalue weighted by Crippen LogP contribution is 2.26. The number of hydrogen-bond acceptors (Lipinski definition) is 7. The maximum atomic E-state index is 11.1. The fourth-order valence-electron chi connectivity index (χ4n) is 1.76. The Labute approximate surface area is 132 Å². The Balaban J connectivity index is 2.00. The summed E-state index contributed by atoms with van der Waals surface area (Å²) in [5.41, 5.74) is 0. The molecule has 1 N–H and O–H groups in total. The van der Waals surface area contributed by atoms with Crippen molar-refractivity contribution in [2.75, 3.05) is 24.7 Å². The molecule has 0 unspecified atom stereocenters. The molecule has 0 radical (unpaired) electrons. The van der Waals surface area contributed by atoms with Crippen molar-refractivity contribution in [2.45, 2.75) is 25.5 Å². The van der Waals surface area contributed by atoms with E-state index in [1.54, 1.807) is 23.1 Å². The zero-order chi connectivity index (χ0) is 15.1. The van der Waals surface area contributed by atoms with Gasteiger partial charge in [-0.15, -0.1) is 11.3 Å². The van der Waals surface area contributed by atoms with Gasteiger partial charge in [-0.05, 0) is 17.9 Å². The summed E-state index contributed by atoms with van der Waals surface area (Å²) in [6.07, 6.45) is 1.47. The Kier molecular flexibility index (Phi) is 6.25. The highest BCUT2D eigenvalue weighted by atomic mass is 32.2. The number of anilines is 1. The lowest BCUT2D eigenvalue weighted by molar-refractivity contribution is -0.140. The van der Waals surface area contributed by atoms with Gasteiger partial charge in [0.2, 0.25) is 0 Å². The zero-order valence-electron chi connectivity index (χ0n) is 12.2. The summed E-state index contributed by atoms with van der Waals surface area (Å²) >= 11 is 3.27. The molecule has 21 heavy (non-hydrogen) atoms. The molecule has 2 aromatic heterocycles. The van der Waals surface area contributed by atoms with E-state index in [4.69, 9.17) is 0 Å². The summed E-state index contributed by atoms with van der Waals surface area (Å²) in [4.78, 5) is 21.2. The fourth-order valence-corrected chi connectivity index (χ4v) is 3.31. The number of aromatic nitrogens is 2. The molecule has 0 saturated heterocycles. The summed E-state index contributed by atoms with van der Waals surface area (Å²) < 4.78 is 4.62. The van der Waals surface area contributed by atoms with Gasteiger partial charge in [0, 0.05) is 12.3 Å². The number of nitrogens with one attached hydrogen (secondary N) is 1. The highest BCUT2D eigenvalue weighted by molar-refractivity contribution is 7.98. The van der Waals surface area contributed by atoms with Crippen LogP contribution in [0.25, 0.3) is 10.2 Å². The lowest BCUT2D eigenvalue weighted by Crippen LogP contribution is -2.05. The molecule has 0 bridgehead atoms. The van der Waals surface area contributed by atoms with E-state index >= 15 is 0 Å². The van der Waals surface area contributed by atoms with Gasteiger partial charge >= 0.3 is 5.97 Å². The number of thiophene rings is 1. The number of fused-ring (bicyclic) bond motifs is 1. The van der Waals surface area contributed by atoms with Gasteiger partial charge in [0.1, 0.15) is 16.5 Å². The Hall–Kier alpha value is -1.34. The maximum absolute atomic E-state index is 11.1. The lowest BCUT2D eigenvalue weighted by Gasteiger charge is -2.07. The summed E-state index contributed by atoms with van der Waals surface area (Å²) in [6.45, 7) is 3.03. The van der Waals surface area contributed by atoms with Crippen LogP contribution in [0.5, 0.6) is 0 Å². The summed E-state index contributed by atoms with van der Waals surface area (Å²) in [6, 6.07) is 2.05. The molecule has 0 amide bonds. The molecule has 7 heteroatoms. The third-order valence-electron chi connectivity index (χ3n) is 2.82. The van der Waals surface area contributed by atoms with Crippen LogP contribution in [-0.4, -0.2) is 35.3 Å². The Morgan fingerprint density at radius 3 is 3.10 bits per heavy atom. The Morgan fingerprint density at radius 2 is 2.33 bits per heavy atom. The van der Waals surface area contributed by atoms with Crippen LogP contribution in [0.15, 0.2) is 11.4 Å². The molecule has 2 rings (SSSR count). The molecular weight excluding hydrogens is 306 g/mol. The second kappa shape index (κ2) is 8.19. The molecule has 114 valence electrons. The Bertz CT molecular complexity index is 601. The van der Waals surface area contributed by atoms with E-state index in [0.717, 1.165) is 40.6 Å². The molecule has 0 aliphatic rings. The first-order valence-corrected chi connectivity index (χ1v) is 8.90. The lowest BCUT2D eigenvalue weighted by atomic mass is 10.3. The molecule has 0 aliphatic carbocycles. The smallest absolute Gasteiger partial charge is 0.306 e. The third kappa shape index (κ3) is 4.57. The van der Waals surface area contributed by atoms with Crippen molar-refractivity contribution in [2.24, 2.45) is 0 Å². The zero-order valence-corrected chi connectivity index (χ0v) is 13.9. The topological polar surface area (TPSA) is 64.1 Å². The molecule has 0 atom stereocenters. The number of methoxy groups -OCH3 is 1. The standard InChI is InChI=1S/C14H19N3O2S2/c1-3-6-15-13-10-4-8-21-14(10)17-11(16-13)9-20-7-5-12(18)19-2/h4,8H,3,5-7,9H2,1-2H3,(H,15,16,17). The predicted octanol–water partition coefficient (Wildman–Crippen LogP) is 3.31. The normalized spacial score (nSPS) is 10.8. The van der Waals surface area contributed by atoms with Crippen molar-refractivity contribution < 1.29 is 9.53 Å². The number of carbonyl (C=O) groups excluding carboxylic acids is 1. The minimum atomic E-state index is -0.178. The van der Waals surface area contributed by atoms with Crippen LogP contribution in [0.4, 0.5) is 5.82 Å². The summed E-state index contributed by atoms with van der Waals surface area (Å²) in [5.74, 6) is 2.95. The van der Waals surface area contributed by atoms with Gasteiger partial charge in [0.15, 0.2) is 0 Å². The minimum absolute atomic E-state index is 0.178. The van der Waals surface area contributed by atoms with E-state index < -0.39 is 0 Å². The monoisotopic (exact) mass is 325 g/mol. The molecule has 5 nitrogen and oxygen atoms in total. The number of hydrogen-bond donors (Lipinski definition) is 1.